The number of alkyl halides is 1. The van der Waals surface area contributed by atoms with Crippen molar-refractivity contribution in [2.45, 2.75) is 49.8 Å². The Morgan fingerprint density at radius 2 is 1.89 bits per heavy atom. The molecule has 0 aliphatic carbocycles. The van der Waals surface area contributed by atoms with Gasteiger partial charge in [0.2, 0.25) is 5.91 Å². The minimum Gasteiger partial charge on any atom is -0.338 e. The van der Waals surface area contributed by atoms with Gasteiger partial charge >= 0.3 is 0 Å². The monoisotopic (exact) mass is 337 g/mol. The lowest BCUT2D eigenvalue weighted by Gasteiger charge is -2.37. The second-order valence-corrected chi connectivity index (χ2v) is 8.14. The van der Waals surface area contributed by atoms with Crippen molar-refractivity contribution < 1.29 is 13.2 Å². The van der Waals surface area contributed by atoms with Gasteiger partial charge in [-0.05, 0) is 32.1 Å². The zero-order chi connectivity index (χ0) is 13.2. The van der Waals surface area contributed by atoms with Gasteiger partial charge in [0.1, 0.15) is 5.25 Å². The Balaban J connectivity index is 2.14. The van der Waals surface area contributed by atoms with E-state index < -0.39 is 15.1 Å². The molecule has 2 aliphatic rings. The van der Waals surface area contributed by atoms with Crippen LogP contribution in [0, 0.1) is 0 Å². The van der Waals surface area contributed by atoms with Gasteiger partial charge in [0.25, 0.3) is 0 Å². The zero-order valence-corrected chi connectivity index (χ0v) is 12.9. The van der Waals surface area contributed by atoms with Gasteiger partial charge in [0.05, 0.1) is 5.75 Å². The number of sulfone groups is 1. The smallest absolute Gasteiger partial charge is 0.241 e. The van der Waals surface area contributed by atoms with Gasteiger partial charge in [0, 0.05) is 17.9 Å². The van der Waals surface area contributed by atoms with Gasteiger partial charge in [0.15, 0.2) is 9.84 Å². The van der Waals surface area contributed by atoms with Crippen molar-refractivity contribution in [3.63, 3.8) is 0 Å². The minimum absolute atomic E-state index is 0.154. The molecule has 2 atom stereocenters. The Labute approximate surface area is 117 Å². The molecule has 0 radical (unpaired) electrons. The maximum absolute atomic E-state index is 12.5. The normalized spacial score (nSPS) is 32.2. The van der Waals surface area contributed by atoms with E-state index in [2.05, 4.69) is 15.9 Å². The lowest BCUT2D eigenvalue weighted by atomic mass is 10.0. The van der Waals surface area contributed by atoms with E-state index in [1.54, 1.807) is 4.90 Å². The van der Waals surface area contributed by atoms with Crippen LogP contribution in [0.1, 0.15) is 38.5 Å². The average Bonchev–Trinajstić information content (AvgIpc) is 2.37. The third-order valence-corrected chi connectivity index (χ3v) is 6.85. The lowest BCUT2D eigenvalue weighted by Crippen LogP contribution is -2.51. The van der Waals surface area contributed by atoms with Gasteiger partial charge < -0.3 is 4.90 Å². The highest BCUT2D eigenvalue weighted by Crippen LogP contribution is 2.26. The quantitative estimate of drug-likeness (QED) is 0.721. The first-order chi connectivity index (χ1) is 8.56. The second-order valence-electron chi connectivity index (χ2n) is 5.19. The van der Waals surface area contributed by atoms with Crippen LogP contribution in [-0.2, 0) is 14.6 Å². The lowest BCUT2D eigenvalue weighted by molar-refractivity contribution is -0.134. The number of rotatable bonds is 2. The largest absolute Gasteiger partial charge is 0.338 e. The molecular weight excluding hydrogens is 318 g/mol. The van der Waals surface area contributed by atoms with E-state index in [0.29, 0.717) is 19.4 Å². The minimum atomic E-state index is -3.21. The molecule has 104 valence electrons. The van der Waals surface area contributed by atoms with Crippen LogP contribution in [0.4, 0.5) is 0 Å². The fourth-order valence-electron chi connectivity index (χ4n) is 2.87. The highest BCUT2D eigenvalue weighted by Gasteiger charge is 2.39. The number of carbonyl (C=O) groups is 1. The highest BCUT2D eigenvalue weighted by molar-refractivity contribution is 9.09. The Morgan fingerprint density at radius 1 is 1.17 bits per heavy atom. The molecule has 0 bridgehead atoms. The molecule has 2 unspecified atom stereocenters. The topological polar surface area (TPSA) is 54.5 Å². The first kappa shape index (κ1) is 14.3. The summed E-state index contributed by atoms with van der Waals surface area (Å²) in [5, 5.41) is -0.0307. The molecule has 0 aromatic heterocycles. The van der Waals surface area contributed by atoms with E-state index in [1.807, 2.05) is 0 Å². The standard InChI is InChI=1S/C12H20BrNO3S/c13-9-10-5-1-3-7-14(10)12(15)11-6-2-4-8-18(11,16)17/h10-11H,1-9H2. The molecule has 0 saturated carbocycles. The Morgan fingerprint density at radius 3 is 2.56 bits per heavy atom. The number of amides is 1. The van der Waals surface area contributed by atoms with Crippen molar-refractivity contribution in [3.05, 3.63) is 0 Å². The van der Waals surface area contributed by atoms with Crippen molar-refractivity contribution >= 4 is 31.7 Å². The number of halogens is 1. The van der Waals surface area contributed by atoms with Crippen LogP contribution in [0.2, 0.25) is 0 Å². The van der Waals surface area contributed by atoms with Crippen LogP contribution in [0.25, 0.3) is 0 Å². The third kappa shape index (κ3) is 2.90. The first-order valence-electron chi connectivity index (χ1n) is 6.64. The number of carbonyl (C=O) groups excluding carboxylic acids is 1. The molecule has 1 amide bonds. The number of nitrogens with zero attached hydrogens (tertiary/aromatic N) is 1. The maximum Gasteiger partial charge on any atom is 0.241 e. The number of hydrogen-bond acceptors (Lipinski definition) is 3. The van der Waals surface area contributed by atoms with E-state index in [9.17, 15) is 13.2 Å². The van der Waals surface area contributed by atoms with Crippen LogP contribution in [-0.4, -0.2) is 48.1 Å². The number of hydrogen-bond donors (Lipinski definition) is 0. The van der Waals surface area contributed by atoms with E-state index in [-0.39, 0.29) is 17.7 Å². The molecule has 0 aromatic rings. The summed E-state index contributed by atoms with van der Waals surface area (Å²) in [4.78, 5) is 14.3. The van der Waals surface area contributed by atoms with Crippen molar-refractivity contribution in [2.75, 3.05) is 17.6 Å². The van der Waals surface area contributed by atoms with Crippen molar-refractivity contribution in [3.8, 4) is 0 Å². The summed E-state index contributed by atoms with van der Waals surface area (Å²) in [6, 6.07) is 0.170. The molecule has 2 rings (SSSR count). The molecule has 2 aliphatic heterocycles. The number of likely N-dealkylation sites (tertiary alicyclic amines) is 1. The predicted molar refractivity (Wildman–Crippen MR) is 74.6 cm³/mol. The van der Waals surface area contributed by atoms with Crippen molar-refractivity contribution in [2.24, 2.45) is 0 Å². The van der Waals surface area contributed by atoms with E-state index in [0.717, 1.165) is 31.0 Å². The van der Waals surface area contributed by atoms with E-state index in [1.165, 1.54) is 0 Å². The van der Waals surface area contributed by atoms with E-state index >= 15 is 0 Å². The predicted octanol–water partition coefficient (Wildman–Crippen LogP) is 1.73. The molecule has 4 nitrogen and oxygen atoms in total. The summed E-state index contributed by atoms with van der Waals surface area (Å²) in [6.45, 7) is 0.709. The fraction of sp³-hybridized carbons (Fsp3) is 0.917. The van der Waals surface area contributed by atoms with Gasteiger partial charge in [-0.25, -0.2) is 8.42 Å². The Kier molecular flexibility index (Phi) is 4.69. The van der Waals surface area contributed by atoms with Crippen LogP contribution in [0.5, 0.6) is 0 Å². The van der Waals surface area contributed by atoms with Crippen molar-refractivity contribution in [1.29, 1.82) is 0 Å². The Hall–Kier alpha value is -0.100. The van der Waals surface area contributed by atoms with Crippen LogP contribution >= 0.6 is 15.9 Å². The molecule has 0 spiro atoms. The fourth-order valence-corrected chi connectivity index (χ4v) is 5.40. The van der Waals surface area contributed by atoms with E-state index in [4.69, 9.17) is 0 Å². The summed E-state index contributed by atoms with van der Waals surface area (Å²) < 4.78 is 24.0. The molecule has 0 N–H and O–H groups in total. The summed E-state index contributed by atoms with van der Waals surface area (Å²) in [5.41, 5.74) is 0. The average molecular weight is 338 g/mol. The molecule has 18 heavy (non-hydrogen) atoms. The Bertz CT molecular complexity index is 410. The van der Waals surface area contributed by atoms with Crippen LogP contribution < -0.4 is 0 Å². The molecule has 2 heterocycles. The van der Waals surface area contributed by atoms with Gasteiger partial charge in [-0.15, -0.1) is 0 Å². The van der Waals surface area contributed by atoms with Gasteiger partial charge in [-0.2, -0.15) is 0 Å². The third-order valence-electron chi connectivity index (χ3n) is 3.94. The summed E-state index contributed by atoms with van der Waals surface area (Å²) in [7, 11) is -3.21. The molecule has 6 heteroatoms. The maximum atomic E-state index is 12.5. The number of piperidine rings is 1. The zero-order valence-electron chi connectivity index (χ0n) is 10.5. The second kappa shape index (κ2) is 5.90. The SMILES string of the molecule is O=C(C1CCCCS1(=O)=O)N1CCCCC1CBr. The van der Waals surface area contributed by atoms with Crippen LogP contribution in [0.15, 0.2) is 0 Å². The summed E-state index contributed by atoms with van der Waals surface area (Å²) >= 11 is 3.43. The molecule has 2 fully saturated rings. The highest BCUT2D eigenvalue weighted by atomic mass is 79.9. The van der Waals surface area contributed by atoms with Gasteiger partial charge in [-0.3, -0.25) is 4.79 Å². The van der Waals surface area contributed by atoms with Gasteiger partial charge in [-0.1, -0.05) is 22.4 Å². The molecule has 2 saturated heterocycles. The molecule has 0 aromatic carbocycles. The summed E-state index contributed by atoms with van der Waals surface area (Å²) in [6.07, 6.45) is 5.15. The molecular formula is C12H20BrNO3S. The summed E-state index contributed by atoms with van der Waals surface area (Å²) in [5.74, 6) is 0.0230. The van der Waals surface area contributed by atoms with Crippen LogP contribution in [0.3, 0.4) is 0 Å². The first-order valence-corrected chi connectivity index (χ1v) is 9.48. The van der Waals surface area contributed by atoms with Crippen molar-refractivity contribution in [1.82, 2.24) is 4.90 Å².